The lowest BCUT2D eigenvalue weighted by molar-refractivity contribution is -0.571. The Balaban J connectivity index is 1.17. The van der Waals surface area contributed by atoms with Gasteiger partial charge in [0.2, 0.25) is 0 Å². The van der Waals surface area contributed by atoms with E-state index in [2.05, 4.69) is 42.1 Å². The molecule has 0 radical (unpaired) electrons. The van der Waals surface area contributed by atoms with Gasteiger partial charge in [-0.1, -0.05) is 128 Å². The molecule has 268 valence electrons. The van der Waals surface area contributed by atoms with E-state index in [1.54, 1.807) is 22.8 Å². The maximum absolute atomic E-state index is 9.02. The zero-order chi connectivity index (χ0) is 46.3. The van der Waals surface area contributed by atoms with Crippen LogP contribution in [-0.2, 0) is 6.42 Å². The first-order valence-electron chi connectivity index (χ1n) is 23.3. The first-order valence-corrected chi connectivity index (χ1v) is 18.3. The first-order chi connectivity index (χ1) is 31.8. The molecule has 0 saturated heterocycles. The van der Waals surface area contributed by atoms with Crippen molar-refractivity contribution in [1.29, 1.82) is 0 Å². The van der Waals surface area contributed by atoms with Crippen LogP contribution in [0.4, 0.5) is 0 Å². The van der Waals surface area contributed by atoms with Crippen LogP contribution in [0.2, 0.25) is 0 Å². The third-order valence-corrected chi connectivity index (χ3v) is 10.1. The predicted molar refractivity (Wildman–Crippen MR) is 227 cm³/mol. The Morgan fingerprint density at radius 1 is 0.661 bits per heavy atom. The highest BCUT2D eigenvalue weighted by molar-refractivity contribution is 6.09. The number of aromatic nitrogens is 4. The molecule has 0 bridgehead atoms. The van der Waals surface area contributed by atoms with E-state index in [4.69, 9.17) is 23.4 Å². The van der Waals surface area contributed by atoms with Crippen LogP contribution in [0.25, 0.3) is 72.3 Å². The summed E-state index contributed by atoms with van der Waals surface area (Å²) in [6.45, 7) is 4.02. The fourth-order valence-electron chi connectivity index (χ4n) is 7.52. The molecule has 5 heteroatoms. The van der Waals surface area contributed by atoms with Gasteiger partial charge in [-0.15, -0.1) is 0 Å². The molecule has 0 aliphatic rings. The van der Waals surface area contributed by atoms with E-state index >= 15 is 0 Å². The molecule has 3 heterocycles. The quantitative estimate of drug-likeness (QED) is 0.115. The number of rotatable bonds is 8. The van der Waals surface area contributed by atoms with Gasteiger partial charge >= 0.3 is 0 Å². The maximum Gasteiger partial charge on any atom is 0.269 e. The molecule has 0 fully saturated rings. The molecule has 0 amide bonds. The van der Waals surface area contributed by atoms with Gasteiger partial charge in [0.15, 0.2) is 0 Å². The molecule has 0 unspecified atom stereocenters. The highest BCUT2D eigenvalue weighted by atomic mass is 16.5. The molecule has 0 N–H and O–H groups in total. The van der Waals surface area contributed by atoms with E-state index < -0.39 is 60.4 Å². The monoisotopic (exact) mass is 732 g/mol. The Kier molecular flexibility index (Phi) is 6.00. The number of hydrogen-bond donors (Lipinski definition) is 0. The standard InChI is InChI=1S/C51H38N4O/c1-3-36-29-30-52-49(31-36)55-46-25-11-10-22-44(46)45-28-27-41(33-48(45)55)56-40-21-13-20-39(32-40)53-34-54(50-35(2)15-12-26-47(50)53)51-42(37-16-6-4-7-17-37)23-14-24-43(51)38-18-8-5-9-19-38/h4-33H,3H2,1-2H3/i4D,5D,6D,7D,8D,9D,16D,17D,18D,19D. The summed E-state index contributed by atoms with van der Waals surface area (Å²) in [4.78, 5) is 4.76. The van der Waals surface area contributed by atoms with Crippen molar-refractivity contribution in [3.63, 3.8) is 0 Å². The van der Waals surface area contributed by atoms with Crippen molar-refractivity contribution in [2.24, 2.45) is 0 Å². The smallest absolute Gasteiger partial charge is 0.269 e. The molecule has 3 aromatic heterocycles. The van der Waals surface area contributed by atoms with E-state index in [0.29, 0.717) is 28.2 Å². The summed E-state index contributed by atoms with van der Waals surface area (Å²) in [6.07, 6.45) is 6.17. The average Bonchev–Trinajstić information content (AvgIpc) is 3.88. The summed E-state index contributed by atoms with van der Waals surface area (Å²) in [5.41, 5.74) is 6.10. The summed E-state index contributed by atoms with van der Waals surface area (Å²) in [5, 5.41) is 2.14. The van der Waals surface area contributed by atoms with Crippen molar-refractivity contribution >= 4 is 32.8 Å². The summed E-state index contributed by atoms with van der Waals surface area (Å²) in [5.74, 6) is 1.93. The van der Waals surface area contributed by atoms with Gasteiger partial charge in [-0.2, -0.15) is 0 Å². The van der Waals surface area contributed by atoms with Crippen LogP contribution in [0.5, 0.6) is 11.5 Å². The first kappa shape index (κ1) is 24.2. The van der Waals surface area contributed by atoms with Crippen LogP contribution in [0.15, 0.2) is 182 Å². The number of nitrogens with zero attached hydrogens (tertiary/aromatic N) is 4. The fourth-order valence-corrected chi connectivity index (χ4v) is 7.52. The molecule has 7 aromatic carbocycles. The van der Waals surface area contributed by atoms with E-state index in [1.165, 1.54) is 5.56 Å². The van der Waals surface area contributed by atoms with Gasteiger partial charge in [0, 0.05) is 23.0 Å². The lowest BCUT2D eigenvalue weighted by Gasteiger charge is -2.17. The fraction of sp³-hybridized carbons (Fsp3) is 0.0588. The molecule has 0 atom stereocenters. The molecule has 10 aromatic rings. The van der Waals surface area contributed by atoms with Crippen molar-refractivity contribution in [1.82, 2.24) is 14.1 Å². The van der Waals surface area contributed by atoms with Crippen LogP contribution < -0.4 is 9.30 Å². The summed E-state index contributed by atoms with van der Waals surface area (Å²) in [7, 11) is 0. The topological polar surface area (TPSA) is 35.9 Å². The lowest BCUT2D eigenvalue weighted by atomic mass is 9.95. The number of fused-ring (bicyclic) bond motifs is 4. The van der Waals surface area contributed by atoms with Crippen molar-refractivity contribution in [3.05, 3.63) is 199 Å². The van der Waals surface area contributed by atoms with Gasteiger partial charge in [-0.05, 0) is 95.3 Å². The molecule has 0 spiro atoms. The second kappa shape index (κ2) is 13.9. The Labute approximate surface area is 340 Å². The van der Waals surface area contributed by atoms with Crippen molar-refractivity contribution in [2.75, 3.05) is 0 Å². The molecule has 0 saturated carbocycles. The molecule has 10 rings (SSSR count). The minimum absolute atomic E-state index is 0.124. The van der Waals surface area contributed by atoms with Crippen LogP contribution in [-0.4, -0.2) is 14.1 Å². The van der Waals surface area contributed by atoms with Gasteiger partial charge in [0.05, 0.1) is 47.1 Å². The zero-order valence-corrected chi connectivity index (χ0v) is 30.5. The second-order valence-electron chi connectivity index (χ2n) is 13.4. The third-order valence-electron chi connectivity index (χ3n) is 10.1. The maximum atomic E-state index is 9.02. The number of aryl methyl sites for hydroxylation is 2. The largest absolute Gasteiger partial charge is 0.458 e. The number of imidazole rings is 1. The van der Waals surface area contributed by atoms with Gasteiger partial charge < -0.3 is 4.74 Å². The number of benzene rings is 7. The predicted octanol–water partition coefficient (Wildman–Crippen LogP) is 12.2. The van der Waals surface area contributed by atoms with Gasteiger partial charge in [0.25, 0.3) is 6.33 Å². The summed E-state index contributed by atoms with van der Waals surface area (Å²) < 4.78 is 99.2. The molecule has 0 aliphatic carbocycles. The summed E-state index contributed by atoms with van der Waals surface area (Å²) in [6, 6.07) is 31.1. The zero-order valence-electron chi connectivity index (χ0n) is 40.5. The Hall–Kier alpha value is -7.24. The van der Waals surface area contributed by atoms with Gasteiger partial charge in [-0.3, -0.25) is 13.7 Å². The minimum atomic E-state index is -0.563. The Bertz CT molecular complexity index is 3510. The highest BCUT2D eigenvalue weighted by Gasteiger charge is 2.21. The van der Waals surface area contributed by atoms with Crippen molar-refractivity contribution < 1.29 is 23.0 Å². The van der Waals surface area contributed by atoms with E-state index in [9.17, 15) is 0 Å². The molecular weight excluding hydrogens is 685 g/mol. The molecular formula is C51H38N4O. The van der Waals surface area contributed by atoms with Crippen LogP contribution >= 0.6 is 0 Å². The van der Waals surface area contributed by atoms with Gasteiger partial charge in [-0.25, -0.2) is 4.98 Å². The molecule has 56 heavy (non-hydrogen) atoms. The normalized spacial score (nSPS) is 14.0. The highest BCUT2D eigenvalue weighted by Crippen LogP contribution is 2.37. The second-order valence-corrected chi connectivity index (χ2v) is 13.4. The number of ether oxygens (including phenoxy) is 1. The third kappa shape index (κ3) is 5.73. The Morgan fingerprint density at radius 2 is 1.34 bits per heavy atom. The summed E-state index contributed by atoms with van der Waals surface area (Å²) >= 11 is 0. The van der Waals surface area contributed by atoms with Crippen molar-refractivity contribution in [2.45, 2.75) is 20.3 Å². The van der Waals surface area contributed by atoms with Crippen LogP contribution in [0, 0.1) is 13.3 Å². The van der Waals surface area contributed by atoms with E-state index in [1.807, 2.05) is 90.5 Å². The van der Waals surface area contributed by atoms with Crippen LogP contribution in [0.3, 0.4) is 0 Å². The van der Waals surface area contributed by atoms with E-state index in [-0.39, 0.29) is 27.9 Å². The number of hydrogen-bond acceptors (Lipinski definition) is 2. The lowest BCUT2D eigenvalue weighted by Crippen LogP contribution is -2.32. The minimum Gasteiger partial charge on any atom is -0.458 e. The number of para-hydroxylation sites is 3. The van der Waals surface area contributed by atoms with Crippen LogP contribution in [0.1, 0.15) is 31.8 Å². The molecule has 0 aliphatic heterocycles. The number of pyridine rings is 1. The van der Waals surface area contributed by atoms with Crippen molar-refractivity contribution in [3.8, 4) is 50.9 Å². The van der Waals surface area contributed by atoms with Gasteiger partial charge in [0.1, 0.15) is 17.3 Å². The SMILES string of the molecule is [2H]c1c([2H])c([2H])c(-c2cccc(-c3c([2H])c([2H])c([2H])c([2H])c3[2H])c2-[n+]2[c-]n(-c3cccc(Oc4ccc5c6ccccc6n(-c6cc(CC)ccn6)c5c4)c3)c3cccc(C)c32)c([2H])c1[2H]. The average molecular weight is 733 g/mol. The molecule has 5 nitrogen and oxygen atoms in total. The Morgan fingerprint density at radius 3 is 2.11 bits per heavy atom. The van der Waals surface area contributed by atoms with E-state index in [0.717, 1.165) is 39.6 Å².